The average molecular weight is 203 g/mol. The number of nitrogens with zero attached hydrogens (tertiary/aromatic N) is 1. The van der Waals surface area contributed by atoms with Crippen molar-refractivity contribution in [1.82, 2.24) is 4.40 Å². The minimum atomic E-state index is -0.518. The summed E-state index contributed by atoms with van der Waals surface area (Å²) in [6.07, 6.45) is 1.76. The van der Waals surface area contributed by atoms with Gasteiger partial charge in [0.1, 0.15) is 5.82 Å². The van der Waals surface area contributed by atoms with Crippen LogP contribution in [-0.2, 0) is 0 Å². The van der Waals surface area contributed by atoms with Crippen LogP contribution in [0.25, 0.3) is 16.6 Å². The Hall–Kier alpha value is -2.10. The summed E-state index contributed by atoms with van der Waals surface area (Å²) in [5, 5.41) is 0.249. The Balaban J connectivity index is 2.67. The highest BCUT2D eigenvalue weighted by Crippen LogP contribution is 2.14. The Kier molecular flexibility index (Phi) is 1.48. The summed E-state index contributed by atoms with van der Waals surface area (Å²) < 4.78 is 19.7. The lowest BCUT2D eigenvalue weighted by Crippen LogP contribution is -2.03. The van der Waals surface area contributed by atoms with Gasteiger partial charge in [0.25, 0.3) is 0 Å². The lowest BCUT2D eigenvalue weighted by Gasteiger charge is -2.00. The fourth-order valence-electron chi connectivity index (χ4n) is 1.68. The highest BCUT2D eigenvalue weighted by molar-refractivity contribution is 5.79. The van der Waals surface area contributed by atoms with Crippen molar-refractivity contribution in [1.29, 1.82) is 0 Å². The first-order valence-corrected chi connectivity index (χ1v) is 4.45. The molecule has 0 atom stereocenters. The second kappa shape index (κ2) is 2.70. The molecule has 0 amide bonds. The van der Waals surface area contributed by atoms with Gasteiger partial charge in [0.2, 0.25) is 5.71 Å². The smallest absolute Gasteiger partial charge is 0.347 e. The van der Waals surface area contributed by atoms with Crippen LogP contribution in [0.5, 0.6) is 0 Å². The molecule has 3 nitrogen and oxygen atoms in total. The molecule has 2 heterocycles. The molecular formula is C11H6FNO2. The minimum Gasteiger partial charge on any atom is -0.405 e. The molecule has 3 aromatic rings. The van der Waals surface area contributed by atoms with Gasteiger partial charge in [-0.25, -0.2) is 9.18 Å². The Labute approximate surface area is 83.4 Å². The molecule has 0 unspecified atom stereocenters. The van der Waals surface area contributed by atoms with Crippen molar-refractivity contribution >= 4 is 16.6 Å². The fourth-order valence-corrected chi connectivity index (χ4v) is 1.68. The Morgan fingerprint density at radius 2 is 2.13 bits per heavy atom. The normalized spacial score (nSPS) is 11.3. The van der Waals surface area contributed by atoms with Gasteiger partial charge in [0.15, 0.2) is 0 Å². The van der Waals surface area contributed by atoms with Crippen LogP contribution in [-0.4, -0.2) is 4.40 Å². The first-order valence-electron chi connectivity index (χ1n) is 4.45. The van der Waals surface area contributed by atoms with E-state index >= 15 is 0 Å². The monoisotopic (exact) mass is 203 g/mol. The summed E-state index contributed by atoms with van der Waals surface area (Å²) in [6.45, 7) is 0. The van der Waals surface area contributed by atoms with Crippen LogP contribution >= 0.6 is 0 Å². The summed E-state index contributed by atoms with van der Waals surface area (Å²) >= 11 is 0. The van der Waals surface area contributed by atoms with Gasteiger partial charge in [0.05, 0.1) is 10.9 Å². The largest absolute Gasteiger partial charge is 0.405 e. The Morgan fingerprint density at radius 1 is 1.27 bits per heavy atom. The van der Waals surface area contributed by atoms with E-state index in [0.717, 1.165) is 0 Å². The van der Waals surface area contributed by atoms with Crippen LogP contribution in [0.2, 0.25) is 0 Å². The van der Waals surface area contributed by atoms with Crippen LogP contribution in [0, 0.1) is 5.82 Å². The molecule has 0 fully saturated rings. The van der Waals surface area contributed by atoms with Crippen molar-refractivity contribution < 1.29 is 8.81 Å². The number of benzene rings is 1. The minimum absolute atomic E-state index is 0.249. The molecular weight excluding hydrogens is 197 g/mol. The Bertz CT molecular complexity index is 711. The van der Waals surface area contributed by atoms with E-state index in [-0.39, 0.29) is 5.39 Å². The summed E-state index contributed by atoms with van der Waals surface area (Å²) in [6, 6.07) is 7.52. The zero-order valence-corrected chi connectivity index (χ0v) is 7.61. The SMILES string of the molecule is O=c1oc2cccn2c2ccc(F)cc12. The number of rotatable bonds is 0. The lowest BCUT2D eigenvalue weighted by molar-refractivity contribution is 0.547. The fraction of sp³-hybridized carbons (Fsp3) is 0. The molecule has 0 spiro atoms. The second-order valence-electron chi connectivity index (χ2n) is 3.27. The number of halogens is 1. The predicted octanol–water partition coefficient (Wildman–Crippen LogP) is 2.18. The summed E-state index contributed by atoms with van der Waals surface area (Å²) in [4.78, 5) is 11.5. The molecule has 1 aromatic carbocycles. The first-order chi connectivity index (χ1) is 7.25. The van der Waals surface area contributed by atoms with Crippen molar-refractivity contribution in [2.24, 2.45) is 0 Å². The average Bonchev–Trinajstić information content (AvgIpc) is 2.66. The molecule has 0 aliphatic heterocycles. The topological polar surface area (TPSA) is 34.6 Å². The van der Waals surface area contributed by atoms with Gasteiger partial charge in [-0.1, -0.05) is 0 Å². The van der Waals surface area contributed by atoms with Gasteiger partial charge < -0.3 is 4.42 Å². The third-order valence-electron chi connectivity index (χ3n) is 2.35. The zero-order chi connectivity index (χ0) is 10.4. The van der Waals surface area contributed by atoms with E-state index in [0.29, 0.717) is 11.2 Å². The van der Waals surface area contributed by atoms with E-state index in [9.17, 15) is 9.18 Å². The number of aromatic nitrogens is 1. The summed E-state index contributed by atoms with van der Waals surface area (Å²) in [5.74, 6) is -0.443. The standard InChI is InChI=1S/C11H6FNO2/c12-7-3-4-9-8(6-7)11(14)15-10-2-1-5-13(9)10/h1-6H. The van der Waals surface area contributed by atoms with Crippen molar-refractivity contribution in [3.05, 3.63) is 52.8 Å². The third kappa shape index (κ3) is 1.08. The van der Waals surface area contributed by atoms with E-state index in [4.69, 9.17) is 4.42 Å². The van der Waals surface area contributed by atoms with Crippen LogP contribution in [0.1, 0.15) is 0 Å². The maximum absolute atomic E-state index is 13.0. The Morgan fingerprint density at radius 3 is 3.00 bits per heavy atom. The molecule has 0 N–H and O–H groups in total. The third-order valence-corrected chi connectivity index (χ3v) is 2.35. The second-order valence-corrected chi connectivity index (χ2v) is 3.27. The first kappa shape index (κ1) is 8.23. The van der Waals surface area contributed by atoms with Crippen LogP contribution in [0.3, 0.4) is 0 Å². The summed E-state index contributed by atoms with van der Waals surface area (Å²) in [7, 11) is 0. The van der Waals surface area contributed by atoms with E-state index in [2.05, 4.69) is 0 Å². The molecule has 0 bridgehead atoms. The molecule has 2 aromatic heterocycles. The van der Waals surface area contributed by atoms with Gasteiger partial charge in [-0.05, 0) is 24.3 Å². The molecule has 4 heteroatoms. The van der Waals surface area contributed by atoms with Gasteiger partial charge in [-0.2, -0.15) is 0 Å². The summed E-state index contributed by atoms with van der Waals surface area (Å²) in [5.41, 5.74) is 0.586. The molecule has 0 aliphatic carbocycles. The maximum Gasteiger partial charge on any atom is 0.347 e. The quantitative estimate of drug-likeness (QED) is 0.561. The molecule has 0 aliphatic rings. The van der Waals surface area contributed by atoms with Crippen molar-refractivity contribution in [3.63, 3.8) is 0 Å². The molecule has 15 heavy (non-hydrogen) atoms. The molecule has 74 valence electrons. The van der Waals surface area contributed by atoms with Gasteiger partial charge in [0, 0.05) is 12.3 Å². The zero-order valence-electron chi connectivity index (χ0n) is 7.61. The van der Waals surface area contributed by atoms with E-state index in [1.807, 2.05) is 0 Å². The molecule has 0 saturated carbocycles. The van der Waals surface area contributed by atoms with Crippen molar-refractivity contribution in [3.8, 4) is 0 Å². The van der Waals surface area contributed by atoms with Crippen molar-refractivity contribution in [2.75, 3.05) is 0 Å². The molecule has 0 radical (unpaired) electrons. The maximum atomic E-state index is 13.0. The lowest BCUT2D eigenvalue weighted by atomic mass is 10.2. The van der Waals surface area contributed by atoms with Gasteiger partial charge in [-0.15, -0.1) is 0 Å². The number of hydrogen-bond donors (Lipinski definition) is 0. The number of hydrogen-bond acceptors (Lipinski definition) is 2. The predicted molar refractivity (Wildman–Crippen MR) is 53.4 cm³/mol. The van der Waals surface area contributed by atoms with Gasteiger partial charge in [-0.3, -0.25) is 4.40 Å². The van der Waals surface area contributed by atoms with E-state index < -0.39 is 11.4 Å². The number of fused-ring (bicyclic) bond motifs is 3. The van der Waals surface area contributed by atoms with Crippen LogP contribution < -0.4 is 5.63 Å². The van der Waals surface area contributed by atoms with E-state index in [1.165, 1.54) is 12.1 Å². The highest BCUT2D eigenvalue weighted by Gasteiger charge is 2.06. The molecule has 3 rings (SSSR count). The van der Waals surface area contributed by atoms with Crippen LogP contribution in [0.15, 0.2) is 45.7 Å². The van der Waals surface area contributed by atoms with Crippen LogP contribution in [0.4, 0.5) is 4.39 Å². The highest BCUT2D eigenvalue weighted by atomic mass is 19.1. The van der Waals surface area contributed by atoms with Gasteiger partial charge >= 0.3 is 5.63 Å². The van der Waals surface area contributed by atoms with E-state index in [1.54, 1.807) is 28.8 Å². The van der Waals surface area contributed by atoms with Crippen molar-refractivity contribution in [2.45, 2.75) is 0 Å². The molecule has 0 saturated heterocycles.